The Hall–Kier alpha value is -7.06. The van der Waals surface area contributed by atoms with Gasteiger partial charge in [0.15, 0.2) is 0 Å². The highest BCUT2D eigenvalue weighted by Crippen LogP contribution is 2.40. The highest BCUT2D eigenvalue weighted by molar-refractivity contribution is 6.10. The van der Waals surface area contributed by atoms with Gasteiger partial charge in [0.25, 0.3) is 0 Å². The van der Waals surface area contributed by atoms with Crippen LogP contribution in [0.3, 0.4) is 0 Å². The van der Waals surface area contributed by atoms with Crippen LogP contribution < -0.4 is 14.4 Å². The second-order valence-corrected chi connectivity index (χ2v) is 13.9. The predicted molar refractivity (Wildman–Crippen MR) is 233 cm³/mol. The second-order valence-electron chi connectivity index (χ2n) is 13.9. The molecule has 6 aromatic carbocycles. The summed E-state index contributed by atoms with van der Waals surface area (Å²) in [5, 5.41) is 2.40. The zero-order valence-corrected chi connectivity index (χ0v) is 32.9. The number of esters is 2. The summed E-state index contributed by atoms with van der Waals surface area (Å²) >= 11 is 0. The molecule has 0 fully saturated rings. The normalized spacial score (nSPS) is 10.9. The van der Waals surface area contributed by atoms with Crippen LogP contribution in [0, 0.1) is 13.8 Å². The summed E-state index contributed by atoms with van der Waals surface area (Å²) < 4.78 is 24.4. The number of rotatable bonds is 17. The van der Waals surface area contributed by atoms with E-state index in [-0.39, 0.29) is 13.2 Å². The molecule has 0 aliphatic heterocycles. The van der Waals surface area contributed by atoms with E-state index in [1.54, 1.807) is 0 Å². The van der Waals surface area contributed by atoms with Gasteiger partial charge in [-0.15, -0.1) is 0 Å². The van der Waals surface area contributed by atoms with Crippen molar-refractivity contribution in [1.29, 1.82) is 0 Å². The van der Waals surface area contributed by atoms with Crippen LogP contribution in [0.1, 0.15) is 24.0 Å². The summed E-state index contributed by atoms with van der Waals surface area (Å²) in [4.78, 5) is 24.9. The molecule has 0 spiro atoms. The highest BCUT2D eigenvalue weighted by atomic mass is 16.5. The fourth-order valence-electron chi connectivity index (χ4n) is 6.96. The minimum absolute atomic E-state index is 0.261. The molecular formula is C50H46N2O6. The SMILES string of the molecule is C=CC(=O)OCCCOc1ccc(N(c2ccc(OCCCOC(=O)C=C)cc2)c2ccc(C)c(-c3ccc4c(c3)c3ccccc3n4-c3ccc(C)cc3)c2)cc1. The van der Waals surface area contributed by atoms with Gasteiger partial charge in [-0.3, -0.25) is 0 Å². The Morgan fingerprint density at radius 2 is 1.14 bits per heavy atom. The van der Waals surface area contributed by atoms with Crippen molar-refractivity contribution < 1.29 is 28.5 Å². The van der Waals surface area contributed by atoms with Gasteiger partial charge in [0, 0.05) is 58.5 Å². The Morgan fingerprint density at radius 1 is 0.586 bits per heavy atom. The molecule has 0 aliphatic carbocycles. The van der Waals surface area contributed by atoms with Gasteiger partial charge in [-0.25, -0.2) is 9.59 Å². The van der Waals surface area contributed by atoms with Gasteiger partial charge in [0.2, 0.25) is 0 Å². The number of anilines is 3. The topological polar surface area (TPSA) is 79.2 Å². The average molecular weight is 771 g/mol. The molecule has 1 aromatic heterocycles. The van der Waals surface area contributed by atoms with E-state index in [0.717, 1.165) is 57.1 Å². The summed E-state index contributed by atoms with van der Waals surface area (Å²) in [6.45, 7) is 12.4. The molecule has 0 radical (unpaired) electrons. The quantitative estimate of drug-likeness (QED) is 0.0518. The van der Waals surface area contributed by atoms with E-state index in [1.165, 1.54) is 21.9 Å². The molecule has 0 amide bonds. The number of nitrogens with zero attached hydrogens (tertiary/aromatic N) is 2. The van der Waals surface area contributed by atoms with Crippen molar-refractivity contribution in [3.63, 3.8) is 0 Å². The van der Waals surface area contributed by atoms with Crippen molar-refractivity contribution in [3.8, 4) is 28.3 Å². The molecule has 8 heteroatoms. The number of para-hydroxylation sites is 1. The monoisotopic (exact) mass is 770 g/mol. The Morgan fingerprint density at radius 3 is 1.72 bits per heavy atom. The van der Waals surface area contributed by atoms with Crippen LogP contribution in [-0.4, -0.2) is 42.9 Å². The number of carbonyl (C=O) groups is 2. The first-order valence-corrected chi connectivity index (χ1v) is 19.4. The highest BCUT2D eigenvalue weighted by Gasteiger charge is 2.18. The van der Waals surface area contributed by atoms with Crippen molar-refractivity contribution in [2.24, 2.45) is 0 Å². The standard InChI is InChI=1S/C50H46N2O6/c1-5-49(53)57-31-9-29-55-42-24-20-38(21-25-42)51(39-22-26-43(27-23-39)56-30-10-32-58-50(54)6-2)41-19-15-36(4)45(34-41)37-16-28-48-46(33-37)44-11-7-8-12-47(44)52(48)40-17-13-35(3)14-18-40/h5-8,11-28,33-34H,1-2,9-10,29-32H2,3-4H3. The lowest BCUT2D eigenvalue weighted by molar-refractivity contribution is -0.138. The zero-order valence-electron chi connectivity index (χ0n) is 32.9. The number of fused-ring (bicyclic) bond motifs is 3. The molecule has 0 saturated heterocycles. The number of benzene rings is 6. The van der Waals surface area contributed by atoms with E-state index in [9.17, 15) is 9.59 Å². The maximum Gasteiger partial charge on any atom is 0.330 e. The summed E-state index contributed by atoms with van der Waals surface area (Å²) in [7, 11) is 0. The molecule has 0 unspecified atom stereocenters. The molecule has 292 valence electrons. The lowest BCUT2D eigenvalue weighted by Crippen LogP contribution is -2.11. The maximum atomic E-state index is 11.4. The fourth-order valence-corrected chi connectivity index (χ4v) is 6.96. The Bertz CT molecular complexity index is 2480. The van der Waals surface area contributed by atoms with Crippen LogP contribution in [0.15, 0.2) is 159 Å². The van der Waals surface area contributed by atoms with E-state index in [0.29, 0.717) is 37.6 Å². The molecular weight excluding hydrogens is 725 g/mol. The molecule has 7 rings (SSSR count). The third-order valence-corrected chi connectivity index (χ3v) is 9.88. The number of hydrogen-bond acceptors (Lipinski definition) is 7. The first-order chi connectivity index (χ1) is 28.3. The van der Waals surface area contributed by atoms with Gasteiger partial charge in [-0.05, 0) is 122 Å². The molecule has 0 bridgehead atoms. The van der Waals surface area contributed by atoms with Crippen molar-refractivity contribution in [2.45, 2.75) is 26.7 Å². The summed E-state index contributed by atoms with van der Waals surface area (Å²) in [6, 6.07) is 46.5. The van der Waals surface area contributed by atoms with E-state index in [1.807, 2.05) is 48.5 Å². The van der Waals surface area contributed by atoms with Gasteiger partial charge in [0.1, 0.15) is 11.5 Å². The molecule has 0 atom stereocenters. The minimum Gasteiger partial charge on any atom is -0.493 e. The Labute approximate surface area is 339 Å². The van der Waals surface area contributed by atoms with Crippen molar-refractivity contribution in [1.82, 2.24) is 4.57 Å². The van der Waals surface area contributed by atoms with Crippen LogP contribution >= 0.6 is 0 Å². The molecule has 0 N–H and O–H groups in total. The first-order valence-electron chi connectivity index (χ1n) is 19.4. The number of aromatic nitrogens is 1. The van der Waals surface area contributed by atoms with E-state index in [4.69, 9.17) is 18.9 Å². The number of hydrogen-bond donors (Lipinski definition) is 0. The zero-order chi connectivity index (χ0) is 40.4. The van der Waals surface area contributed by atoms with Gasteiger partial charge in [-0.1, -0.05) is 61.2 Å². The Kier molecular flexibility index (Phi) is 12.3. The maximum absolute atomic E-state index is 11.4. The van der Waals surface area contributed by atoms with Gasteiger partial charge >= 0.3 is 11.9 Å². The van der Waals surface area contributed by atoms with Crippen LogP contribution in [0.25, 0.3) is 38.6 Å². The largest absolute Gasteiger partial charge is 0.493 e. The summed E-state index contributed by atoms with van der Waals surface area (Å²) in [5.41, 5.74) is 11.0. The molecule has 8 nitrogen and oxygen atoms in total. The number of ether oxygens (including phenoxy) is 4. The van der Waals surface area contributed by atoms with Crippen LogP contribution in [0.5, 0.6) is 11.5 Å². The second kappa shape index (κ2) is 18.3. The molecule has 0 aliphatic rings. The van der Waals surface area contributed by atoms with E-state index in [2.05, 4.69) is 121 Å². The van der Waals surface area contributed by atoms with Gasteiger partial charge in [0.05, 0.1) is 37.5 Å². The molecule has 7 aromatic rings. The number of carbonyl (C=O) groups excluding carboxylic acids is 2. The Balaban J connectivity index is 1.20. The molecule has 0 saturated carbocycles. The van der Waals surface area contributed by atoms with Crippen LogP contribution in [0.4, 0.5) is 17.1 Å². The smallest absolute Gasteiger partial charge is 0.330 e. The van der Waals surface area contributed by atoms with Crippen molar-refractivity contribution in [3.05, 3.63) is 170 Å². The van der Waals surface area contributed by atoms with Crippen LogP contribution in [-0.2, 0) is 19.1 Å². The summed E-state index contributed by atoms with van der Waals surface area (Å²) in [5.74, 6) is 0.537. The minimum atomic E-state index is -0.443. The van der Waals surface area contributed by atoms with E-state index < -0.39 is 11.9 Å². The van der Waals surface area contributed by atoms with Gasteiger partial charge < -0.3 is 28.4 Å². The molecule has 1 heterocycles. The lowest BCUT2D eigenvalue weighted by atomic mass is 9.97. The number of aryl methyl sites for hydroxylation is 2. The third kappa shape index (κ3) is 8.98. The summed E-state index contributed by atoms with van der Waals surface area (Å²) in [6.07, 6.45) is 3.43. The predicted octanol–water partition coefficient (Wildman–Crippen LogP) is 11.5. The van der Waals surface area contributed by atoms with Gasteiger partial charge in [-0.2, -0.15) is 0 Å². The fraction of sp³-hybridized carbons (Fsp3) is 0.160. The third-order valence-electron chi connectivity index (χ3n) is 9.88. The average Bonchev–Trinajstić information content (AvgIpc) is 3.58. The van der Waals surface area contributed by atoms with Crippen LogP contribution in [0.2, 0.25) is 0 Å². The van der Waals surface area contributed by atoms with Crippen molar-refractivity contribution in [2.75, 3.05) is 31.3 Å². The molecule has 58 heavy (non-hydrogen) atoms. The van der Waals surface area contributed by atoms with Crippen molar-refractivity contribution >= 4 is 50.8 Å². The lowest BCUT2D eigenvalue weighted by Gasteiger charge is -2.27. The first kappa shape index (κ1) is 39.2. The van der Waals surface area contributed by atoms with E-state index >= 15 is 0 Å².